The Bertz CT molecular complexity index is 229. The Hall–Kier alpha value is -0.120. The molecule has 0 spiro atoms. The number of hydrogen-bond acceptors (Lipinski definition) is 3. The second-order valence-electron chi connectivity index (χ2n) is 6.25. The average molecular weight is 254 g/mol. The highest BCUT2D eigenvalue weighted by Gasteiger charge is 2.23. The van der Waals surface area contributed by atoms with E-state index in [1.807, 2.05) is 0 Å². The van der Waals surface area contributed by atoms with Gasteiger partial charge in [-0.05, 0) is 32.1 Å². The van der Waals surface area contributed by atoms with E-state index in [0.29, 0.717) is 12.1 Å². The normalized spacial score (nSPS) is 36.0. The molecular weight excluding hydrogens is 224 g/mol. The molecule has 0 aromatic carbocycles. The molecule has 0 aromatic rings. The fraction of sp³-hybridized carbons (Fsp3) is 1.00. The van der Waals surface area contributed by atoms with Crippen LogP contribution in [0.25, 0.3) is 0 Å². The number of nitrogens with one attached hydrogen (secondary N) is 2. The first-order valence-electron chi connectivity index (χ1n) is 7.83. The molecule has 3 nitrogen and oxygen atoms in total. The summed E-state index contributed by atoms with van der Waals surface area (Å²) in [6.07, 6.45) is 8.19. The van der Waals surface area contributed by atoms with E-state index in [2.05, 4.69) is 24.5 Å². The summed E-state index contributed by atoms with van der Waals surface area (Å²) in [7, 11) is 0. The van der Waals surface area contributed by atoms with Crippen LogP contribution in [0.3, 0.4) is 0 Å². The zero-order valence-corrected chi connectivity index (χ0v) is 12.1. The van der Waals surface area contributed by atoms with Crippen LogP contribution in [-0.4, -0.2) is 37.9 Å². The summed E-state index contributed by atoms with van der Waals surface area (Å²) < 4.78 is 5.52. The summed E-state index contributed by atoms with van der Waals surface area (Å²) in [5.74, 6) is 0.838. The molecular formula is C15H30N2O. The minimum Gasteiger partial charge on any atom is -0.379 e. The summed E-state index contributed by atoms with van der Waals surface area (Å²) >= 11 is 0. The maximum absolute atomic E-state index is 5.52. The number of morpholine rings is 1. The largest absolute Gasteiger partial charge is 0.379 e. The van der Waals surface area contributed by atoms with Crippen LogP contribution in [0.2, 0.25) is 0 Å². The third kappa shape index (κ3) is 4.52. The van der Waals surface area contributed by atoms with Crippen molar-refractivity contribution in [1.82, 2.24) is 10.6 Å². The van der Waals surface area contributed by atoms with Gasteiger partial charge in [0.2, 0.25) is 0 Å². The lowest BCUT2D eigenvalue weighted by Crippen LogP contribution is -2.47. The number of rotatable bonds is 4. The Labute approximate surface area is 112 Å². The SMILES string of the molecule is CC(CC1COCCN1)NC1CCCCCC1C. The predicted octanol–water partition coefficient (Wildman–Crippen LogP) is 2.31. The maximum atomic E-state index is 5.52. The molecule has 1 heterocycles. The van der Waals surface area contributed by atoms with Crippen molar-refractivity contribution in [3.63, 3.8) is 0 Å². The van der Waals surface area contributed by atoms with Crippen LogP contribution in [-0.2, 0) is 4.74 Å². The Morgan fingerprint density at radius 3 is 2.89 bits per heavy atom. The first-order chi connectivity index (χ1) is 8.75. The molecule has 18 heavy (non-hydrogen) atoms. The van der Waals surface area contributed by atoms with E-state index in [-0.39, 0.29) is 0 Å². The van der Waals surface area contributed by atoms with Crippen molar-refractivity contribution < 1.29 is 4.74 Å². The second-order valence-corrected chi connectivity index (χ2v) is 6.25. The van der Waals surface area contributed by atoms with E-state index in [1.165, 1.54) is 38.5 Å². The second kappa shape index (κ2) is 7.46. The maximum Gasteiger partial charge on any atom is 0.0620 e. The molecule has 0 aromatic heterocycles. The Morgan fingerprint density at radius 2 is 2.11 bits per heavy atom. The van der Waals surface area contributed by atoms with Gasteiger partial charge in [-0.2, -0.15) is 0 Å². The smallest absolute Gasteiger partial charge is 0.0620 e. The van der Waals surface area contributed by atoms with Gasteiger partial charge >= 0.3 is 0 Å². The van der Waals surface area contributed by atoms with Gasteiger partial charge in [-0.3, -0.25) is 0 Å². The van der Waals surface area contributed by atoms with Gasteiger partial charge in [-0.25, -0.2) is 0 Å². The van der Waals surface area contributed by atoms with Crippen LogP contribution in [0.15, 0.2) is 0 Å². The lowest BCUT2D eigenvalue weighted by atomic mass is 9.95. The first kappa shape index (κ1) is 14.3. The molecule has 1 saturated carbocycles. The lowest BCUT2D eigenvalue weighted by molar-refractivity contribution is 0.0703. The van der Waals surface area contributed by atoms with Crippen molar-refractivity contribution in [3.05, 3.63) is 0 Å². The number of ether oxygens (including phenoxy) is 1. The molecule has 1 aliphatic heterocycles. The Balaban J connectivity index is 1.72. The van der Waals surface area contributed by atoms with Crippen molar-refractivity contribution in [2.24, 2.45) is 5.92 Å². The first-order valence-corrected chi connectivity index (χ1v) is 7.83. The van der Waals surface area contributed by atoms with Crippen LogP contribution < -0.4 is 10.6 Å². The molecule has 106 valence electrons. The molecule has 0 amide bonds. The molecule has 2 aliphatic rings. The van der Waals surface area contributed by atoms with Crippen LogP contribution in [0.1, 0.15) is 52.4 Å². The topological polar surface area (TPSA) is 33.3 Å². The van der Waals surface area contributed by atoms with Gasteiger partial charge < -0.3 is 15.4 Å². The summed E-state index contributed by atoms with van der Waals surface area (Å²) in [6.45, 7) is 7.51. The zero-order valence-electron chi connectivity index (χ0n) is 12.1. The quantitative estimate of drug-likeness (QED) is 0.755. The van der Waals surface area contributed by atoms with E-state index in [4.69, 9.17) is 4.74 Å². The third-order valence-electron chi connectivity index (χ3n) is 4.50. The highest BCUT2D eigenvalue weighted by atomic mass is 16.5. The molecule has 1 aliphatic carbocycles. The van der Waals surface area contributed by atoms with Gasteiger partial charge in [0.25, 0.3) is 0 Å². The molecule has 2 fully saturated rings. The monoisotopic (exact) mass is 254 g/mol. The van der Waals surface area contributed by atoms with Crippen LogP contribution in [0.4, 0.5) is 0 Å². The average Bonchev–Trinajstić information content (AvgIpc) is 2.56. The summed E-state index contributed by atoms with van der Waals surface area (Å²) in [4.78, 5) is 0. The van der Waals surface area contributed by atoms with Crippen LogP contribution >= 0.6 is 0 Å². The Kier molecular flexibility index (Phi) is 5.93. The molecule has 2 rings (SSSR count). The molecule has 4 atom stereocenters. The highest BCUT2D eigenvalue weighted by molar-refractivity contribution is 4.82. The fourth-order valence-corrected chi connectivity index (χ4v) is 3.37. The number of hydrogen-bond donors (Lipinski definition) is 2. The van der Waals surface area contributed by atoms with Gasteiger partial charge in [-0.15, -0.1) is 0 Å². The van der Waals surface area contributed by atoms with Gasteiger partial charge in [0, 0.05) is 24.7 Å². The standard InChI is InChI=1S/C15H30N2O/c1-12-6-4-3-5-7-15(12)17-13(2)10-14-11-18-9-8-16-14/h12-17H,3-11H2,1-2H3. The molecule has 2 N–H and O–H groups in total. The van der Waals surface area contributed by atoms with E-state index >= 15 is 0 Å². The zero-order chi connectivity index (χ0) is 12.8. The molecule has 3 heteroatoms. The molecule has 1 saturated heterocycles. The Morgan fingerprint density at radius 1 is 1.28 bits per heavy atom. The van der Waals surface area contributed by atoms with Crippen molar-refractivity contribution in [1.29, 1.82) is 0 Å². The van der Waals surface area contributed by atoms with Crippen molar-refractivity contribution in [3.8, 4) is 0 Å². The highest BCUT2D eigenvalue weighted by Crippen LogP contribution is 2.23. The summed E-state index contributed by atoms with van der Waals surface area (Å²) in [5, 5.41) is 7.41. The predicted molar refractivity (Wildman–Crippen MR) is 75.9 cm³/mol. The van der Waals surface area contributed by atoms with E-state index < -0.39 is 0 Å². The van der Waals surface area contributed by atoms with Gasteiger partial charge in [0.15, 0.2) is 0 Å². The van der Waals surface area contributed by atoms with Crippen molar-refractivity contribution >= 4 is 0 Å². The van der Waals surface area contributed by atoms with Gasteiger partial charge in [0.05, 0.1) is 13.2 Å². The van der Waals surface area contributed by atoms with E-state index in [1.54, 1.807) is 0 Å². The summed E-state index contributed by atoms with van der Waals surface area (Å²) in [6, 6.07) is 1.86. The van der Waals surface area contributed by atoms with Crippen LogP contribution in [0, 0.1) is 5.92 Å². The van der Waals surface area contributed by atoms with Crippen molar-refractivity contribution in [2.45, 2.75) is 70.5 Å². The fourth-order valence-electron chi connectivity index (χ4n) is 3.37. The van der Waals surface area contributed by atoms with Crippen LogP contribution in [0.5, 0.6) is 0 Å². The molecule has 0 bridgehead atoms. The van der Waals surface area contributed by atoms with Gasteiger partial charge in [0.1, 0.15) is 0 Å². The van der Waals surface area contributed by atoms with Gasteiger partial charge in [-0.1, -0.05) is 26.2 Å². The van der Waals surface area contributed by atoms with Crippen molar-refractivity contribution in [2.75, 3.05) is 19.8 Å². The lowest BCUT2D eigenvalue weighted by Gasteiger charge is -2.31. The van der Waals surface area contributed by atoms with E-state index in [9.17, 15) is 0 Å². The minimum atomic E-state index is 0.544. The van der Waals surface area contributed by atoms with E-state index in [0.717, 1.165) is 31.7 Å². The molecule has 0 radical (unpaired) electrons. The molecule has 4 unspecified atom stereocenters. The summed E-state index contributed by atoms with van der Waals surface area (Å²) in [5.41, 5.74) is 0. The minimum absolute atomic E-state index is 0.544. The third-order valence-corrected chi connectivity index (χ3v) is 4.50.